The Bertz CT molecular complexity index is 1110. The highest BCUT2D eigenvalue weighted by Gasteiger charge is 2.38. The van der Waals surface area contributed by atoms with Crippen LogP contribution in [0.5, 0.6) is 0 Å². The summed E-state index contributed by atoms with van der Waals surface area (Å²) >= 11 is 0. The molecule has 4 N–H and O–H groups in total. The summed E-state index contributed by atoms with van der Waals surface area (Å²) in [6.45, 7) is 1.63. The molecule has 11 heteroatoms. The number of para-hydroxylation sites is 1. The molecule has 0 aliphatic carbocycles. The number of aromatic nitrogens is 2. The van der Waals surface area contributed by atoms with Crippen LogP contribution in [0.3, 0.4) is 0 Å². The van der Waals surface area contributed by atoms with E-state index in [0.29, 0.717) is 11.9 Å². The van der Waals surface area contributed by atoms with E-state index in [9.17, 15) is 18.0 Å². The van der Waals surface area contributed by atoms with Crippen molar-refractivity contribution < 1.29 is 27.9 Å². The zero-order valence-corrected chi connectivity index (χ0v) is 17.8. The zero-order valence-electron chi connectivity index (χ0n) is 17.8. The van der Waals surface area contributed by atoms with Crippen molar-refractivity contribution in [3.05, 3.63) is 83.6 Å². The smallest absolute Gasteiger partial charge is 0.475 e. The molecule has 0 radical (unpaired) electrons. The van der Waals surface area contributed by atoms with Crippen LogP contribution in [0, 0.1) is 0 Å². The number of hydrogen-bond acceptors (Lipinski definition) is 6. The van der Waals surface area contributed by atoms with Crippen LogP contribution in [0.25, 0.3) is 0 Å². The predicted molar refractivity (Wildman–Crippen MR) is 119 cm³/mol. The van der Waals surface area contributed by atoms with Crippen molar-refractivity contribution in [2.24, 2.45) is 0 Å². The maximum absolute atomic E-state index is 12.2. The largest absolute Gasteiger partial charge is 0.490 e. The van der Waals surface area contributed by atoms with E-state index in [4.69, 9.17) is 9.90 Å². The zero-order chi connectivity index (χ0) is 24.6. The average molecular weight is 473 g/mol. The van der Waals surface area contributed by atoms with E-state index in [1.807, 2.05) is 30.3 Å². The molecule has 0 saturated heterocycles. The summed E-state index contributed by atoms with van der Waals surface area (Å²) in [5, 5.41) is 24.9. The van der Waals surface area contributed by atoms with Gasteiger partial charge in [-0.15, -0.1) is 10.2 Å². The van der Waals surface area contributed by atoms with Gasteiger partial charge in [-0.3, -0.25) is 4.79 Å². The molecule has 0 spiro atoms. The van der Waals surface area contributed by atoms with Crippen molar-refractivity contribution in [1.29, 1.82) is 0 Å². The number of anilines is 2. The van der Waals surface area contributed by atoms with Crippen LogP contribution in [0.2, 0.25) is 0 Å². The van der Waals surface area contributed by atoms with Gasteiger partial charge in [0.2, 0.25) is 0 Å². The summed E-state index contributed by atoms with van der Waals surface area (Å²) in [5.74, 6) is -2.37. The van der Waals surface area contributed by atoms with Gasteiger partial charge < -0.3 is 21.1 Å². The molecule has 178 valence electrons. The Labute approximate surface area is 193 Å². The number of nitrogens with zero attached hydrogens (tertiary/aromatic N) is 2. The van der Waals surface area contributed by atoms with Gasteiger partial charge >= 0.3 is 12.1 Å². The Hall–Kier alpha value is -3.99. The van der Waals surface area contributed by atoms with Crippen molar-refractivity contribution in [1.82, 2.24) is 15.5 Å². The lowest BCUT2D eigenvalue weighted by atomic mass is 9.96. The van der Waals surface area contributed by atoms with Gasteiger partial charge in [0.1, 0.15) is 5.82 Å². The molecule has 34 heavy (non-hydrogen) atoms. The number of rotatable bonds is 5. The summed E-state index contributed by atoms with van der Waals surface area (Å²) in [6.07, 6.45) is -4.10. The minimum absolute atomic E-state index is 0.272. The predicted octanol–water partition coefficient (Wildman–Crippen LogP) is 3.49. The number of nitrogens with one attached hydrogen (secondary N) is 3. The first-order chi connectivity index (χ1) is 16.2. The van der Waals surface area contributed by atoms with Gasteiger partial charge in [0, 0.05) is 24.8 Å². The first-order valence-corrected chi connectivity index (χ1v) is 10.3. The maximum Gasteiger partial charge on any atom is 0.490 e. The van der Waals surface area contributed by atoms with E-state index in [1.54, 1.807) is 12.1 Å². The lowest BCUT2D eigenvalue weighted by Gasteiger charge is -2.26. The Balaban J connectivity index is 0.000000406. The molecule has 1 unspecified atom stereocenters. The van der Waals surface area contributed by atoms with Gasteiger partial charge in [-0.05, 0) is 41.8 Å². The van der Waals surface area contributed by atoms with Crippen LogP contribution in [-0.4, -0.2) is 45.9 Å². The highest BCUT2D eigenvalue weighted by atomic mass is 19.4. The second-order valence-corrected chi connectivity index (χ2v) is 7.36. The highest BCUT2D eigenvalue weighted by molar-refractivity contribution is 6.02. The van der Waals surface area contributed by atoms with Crippen molar-refractivity contribution in [2.45, 2.75) is 25.2 Å². The minimum atomic E-state index is -5.08. The molecule has 0 bridgehead atoms. The fraction of sp³-hybridized carbons (Fsp3) is 0.217. The van der Waals surface area contributed by atoms with Gasteiger partial charge in [0.05, 0.1) is 0 Å². The molecular formula is C23H22F3N5O3. The van der Waals surface area contributed by atoms with E-state index in [0.717, 1.165) is 25.2 Å². The number of benzene rings is 2. The van der Waals surface area contributed by atoms with Crippen molar-refractivity contribution in [3.63, 3.8) is 0 Å². The van der Waals surface area contributed by atoms with Crippen LogP contribution in [0.15, 0.2) is 66.7 Å². The molecule has 8 nitrogen and oxygen atoms in total. The van der Waals surface area contributed by atoms with E-state index in [-0.39, 0.29) is 11.6 Å². The summed E-state index contributed by atoms with van der Waals surface area (Å²) < 4.78 is 31.7. The Kier molecular flexibility index (Phi) is 8.14. The van der Waals surface area contributed by atoms with Crippen LogP contribution in [0.1, 0.15) is 21.6 Å². The normalized spacial score (nSPS) is 14.7. The van der Waals surface area contributed by atoms with Gasteiger partial charge in [-0.2, -0.15) is 13.2 Å². The number of alkyl halides is 3. The Morgan fingerprint density at radius 3 is 2.24 bits per heavy atom. The number of halogens is 3. The van der Waals surface area contributed by atoms with Gasteiger partial charge in [-0.25, -0.2) is 4.79 Å². The monoisotopic (exact) mass is 473 g/mol. The van der Waals surface area contributed by atoms with E-state index in [2.05, 4.69) is 50.4 Å². The number of fused-ring (bicyclic) bond motifs is 1. The number of amides is 1. The van der Waals surface area contributed by atoms with E-state index < -0.39 is 12.1 Å². The Morgan fingerprint density at radius 1 is 0.971 bits per heavy atom. The number of aliphatic carboxylic acids is 1. The van der Waals surface area contributed by atoms with Crippen molar-refractivity contribution in [3.8, 4) is 0 Å². The van der Waals surface area contributed by atoms with Crippen molar-refractivity contribution >= 4 is 23.4 Å². The molecule has 2 aromatic carbocycles. The number of carboxylic acids is 1. The third kappa shape index (κ3) is 7.27. The summed E-state index contributed by atoms with van der Waals surface area (Å²) in [4.78, 5) is 21.1. The SMILES string of the molecule is O=C(Nc1ccccc1)c1ccc(NCC2Cc3ccccc3CN2)nn1.O=C(O)C(F)(F)F. The highest BCUT2D eigenvalue weighted by Crippen LogP contribution is 2.17. The molecule has 1 aliphatic rings. The number of carboxylic acid groups (broad SMARTS) is 1. The maximum atomic E-state index is 12.2. The standard InChI is InChI=1S/C21H21N5O.C2HF3O2/c27-21(24-17-8-2-1-3-9-17)19-10-11-20(26-25-19)23-14-18-12-15-6-4-5-7-16(15)13-22-18;3-2(4,5)1(6)7/h1-11,18,22H,12-14H2,(H,23,26)(H,24,27);(H,6,7). The minimum Gasteiger partial charge on any atom is -0.475 e. The Morgan fingerprint density at radius 2 is 1.62 bits per heavy atom. The van der Waals surface area contributed by atoms with Crippen LogP contribution in [-0.2, 0) is 17.8 Å². The number of carbonyl (C=O) groups excluding carboxylic acids is 1. The molecule has 1 aromatic heterocycles. The fourth-order valence-electron chi connectivity index (χ4n) is 3.16. The van der Waals surface area contributed by atoms with E-state index >= 15 is 0 Å². The second kappa shape index (κ2) is 11.2. The van der Waals surface area contributed by atoms with Crippen LogP contribution in [0.4, 0.5) is 24.7 Å². The molecule has 3 aromatic rings. The lowest BCUT2D eigenvalue weighted by molar-refractivity contribution is -0.192. The van der Waals surface area contributed by atoms with Crippen molar-refractivity contribution in [2.75, 3.05) is 17.2 Å². The third-order valence-corrected chi connectivity index (χ3v) is 4.87. The molecule has 0 fully saturated rings. The average Bonchev–Trinajstić information content (AvgIpc) is 2.83. The van der Waals surface area contributed by atoms with Gasteiger partial charge in [0.15, 0.2) is 5.69 Å². The first kappa shape index (κ1) is 24.6. The van der Waals surface area contributed by atoms with Gasteiger partial charge in [-0.1, -0.05) is 42.5 Å². The summed E-state index contributed by atoms with van der Waals surface area (Å²) in [7, 11) is 0. The summed E-state index contributed by atoms with van der Waals surface area (Å²) in [6, 6.07) is 21.6. The molecule has 4 rings (SSSR count). The molecule has 1 aliphatic heterocycles. The second-order valence-electron chi connectivity index (χ2n) is 7.36. The molecule has 1 atom stereocenters. The topological polar surface area (TPSA) is 116 Å². The molecule has 1 amide bonds. The lowest BCUT2D eigenvalue weighted by Crippen LogP contribution is -2.40. The quantitative estimate of drug-likeness (QED) is 0.448. The third-order valence-electron chi connectivity index (χ3n) is 4.87. The number of carbonyl (C=O) groups is 2. The summed E-state index contributed by atoms with van der Waals surface area (Å²) in [5.41, 5.74) is 3.77. The van der Waals surface area contributed by atoms with E-state index in [1.165, 1.54) is 11.1 Å². The molecule has 0 saturated carbocycles. The number of hydrogen-bond donors (Lipinski definition) is 4. The van der Waals surface area contributed by atoms with Gasteiger partial charge in [0.25, 0.3) is 5.91 Å². The fourth-order valence-corrected chi connectivity index (χ4v) is 3.16. The molecular weight excluding hydrogens is 451 g/mol. The van der Waals surface area contributed by atoms with Crippen LogP contribution >= 0.6 is 0 Å². The van der Waals surface area contributed by atoms with Crippen LogP contribution < -0.4 is 16.0 Å². The first-order valence-electron chi connectivity index (χ1n) is 10.3. The molecule has 2 heterocycles.